The Bertz CT molecular complexity index is 654. The SMILES string of the molecule is CC(C)(C)c1nc(NN)cc(Nc2cc(Br)ccc2Cl)n1. The molecule has 0 spiro atoms. The number of rotatable bonds is 3. The van der Waals surface area contributed by atoms with Crippen LogP contribution in [0.25, 0.3) is 0 Å². The molecule has 7 heteroatoms. The summed E-state index contributed by atoms with van der Waals surface area (Å²) in [6.07, 6.45) is 0. The van der Waals surface area contributed by atoms with Crippen LogP contribution in [0.15, 0.2) is 28.7 Å². The van der Waals surface area contributed by atoms with Crippen LogP contribution >= 0.6 is 27.5 Å². The molecule has 0 atom stereocenters. The van der Waals surface area contributed by atoms with Crippen molar-refractivity contribution in [3.8, 4) is 0 Å². The summed E-state index contributed by atoms with van der Waals surface area (Å²) in [5.41, 5.74) is 3.13. The summed E-state index contributed by atoms with van der Waals surface area (Å²) >= 11 is 9.60. The summed E-state index contributed by atoms with van der Waals surface area (Å²) in [5, 5.41) is 3.80. The molecule has 0 aliphatic carbocycles. The molecule has 21 heavy (non-hydrogen) atoms. The van der Waals surface area contributed by atoms with Gasteiger partial charge >= 0.3 is 0 Å². The van der Waals surface area contributed by atoms with Crippen molar-refractivity contribution in [2.45, 2.75) is 26.2 Å². The smallest absolute Gasteiger partial charge is 0.145 e. The van der Waals surface area contributed by atoms with Gasteiger partial charge in [-0.15, -0.1) is 0 Å². The predicted octanol–water partition coefficient (Wildman–Crippen LogP) is 4.22. The Morgan fingerprint density at radius 1 is 1.14 bits per heavy atom. The van der Waals surface area contributed by atoms with Crippen molar-refractivity contribution in [2.24, 2.45) is 5.84 Å². The van der Waals surface area contributed by atoms with Crippen molar-refractivity contribution < 1.29 is 0 Å². The first-order valence-corrected chi connectivity index (χ1v) is 7.55. The lowest BCUT2D eigenvalue weighted by Crippen LogP contribution is -2.19. The van der Waals surface area contributed by atoms with Crippen LogP contribution in [0.4, 0.5) is 17.3 Å². The molecule has 5 nitrogen and oxygen atoms in total. The highest BCUT2D eigenvalue weighted by Gasteiger charge is 2.19. The predicted molar refractivity (Wildman–Crippen MR) is 91.0 cm³/mol. The van der Waals surface area contributed by atoms with E-state index in [4.69, 9.17) is 17.4 Å². The van der Waals surface area contributed by atoms with Crippen molar-refractivity contribution in [2.75, 3.05) is 10.7 Å². The molecular weight excluding hydrogens is 354 g/mol. The fourth-order valence-corrected chi connectivity index (χ4v) is 2.18. The van der Waals surface area contributed by atoms with Gasteiger partial charge in [0.05, 0.1) is 10.7 Å². The van der Waals surface area contributed by atoms with E-state index in [0.717, 1.165) is 10.2 Å². The molecule has 1 heterocycles. The van der Waals surface area contributed by atoms with Crippen molar-refractivity contribution in [1.82, 2.24) is 9.97 Å². The molecule has 0 aliphatic rings. The second kappa shape index (κ2) is 6.17. The topological polar surface area (TPSA) is 75.9 Å². The largest absolute Gasteiger partial charge is 0.339 e. The number of hydrogen-bond donors (Lipinski definition) is 3. The lowest BCUT2D eigenvalue weighted by molar-refractivity contribution is 0.547. The summed E-state index contributed by atoms with van der Waals surface area (Å²) < 4.78 is 0.927. The zero-order chi connectivity index (χ0) is 15.6. The molecule has 1 aromatic carbocycles. The molecule has 0 saturated heterocycles. The summed E-state index contributed by atoms with van der Waals surface area (Å²) in [6, 6.07) is 7.30. The lowest BCUT2D eigenvalue weighted by Gasteiger charge is -2.19. The van der Waals surface area contributed by atoms with E-state index >= 15 is 0 Å². The Morgan fingerprint density at radius 3 is 2.43 bits per heavy atom. The van der Waals surface area contributed by atoms with E-state index in [1.165, 1.54) is 0 Å². The molecule has 112 valence electrons. The first-order valence-electron chi connectivity index (χ1n) is 6.38. The normalized spacial score (nSPS) is 11.3. The van der Waals surface area contributed by atoms with Gasteiger partial charge in [0.25, 0.3) is 0 Å². The molecule has 0 radical (unpaired) electrons. The van der Waals surface area contributed by atoms with Crippen LogP contribution in [-0.2, 0) is 5.41 Å². The molecule has 0 amide bonds. The molecule has 0 saturated carbocycles. The molecule has 0 bridgehead atoms. The van der Waals surface area contributed by atoms with Crippen molar-refractivity contribution in [3.05, 3.63) is 39.6 Å². The molecule has 1 aromatic heterocycles. The Balaban J connectivity index is 2.42. The first-order chi connectivity index (χ1) is 9.79. The average molecular weight is 371 g/mol. The van der Waals surface area contributed by atoms with E-state index in [1.54, 1.807) is 6.07 Å². The molecule has 4 N–H and O–H groups in total. The van der Waals surface area contributed by atoms with Gasteiger partial charge in [-0.05, 0) is 18.2 Å². The van der Waals surface area contributed by atoms with E-state index in [0.29, 0.717) is 22.5 Å². The molecular formula is C14H17BrClN5. The maximum atomic E-state index is 6.18. The highest BCUT2D eigenvalue weighted by atomic mass is 79.9. The molecule has 2 aromatic rings. The van der Waals surface area contributed by atoms with Crippen LogP contribution < -0.4 is 16.6 Å². The maximum absolute atomic E-state index is 6.18. The molecule has 0 unspecified atom stereocenters. The van der Waals surface area contributed by atoms with Gasteiger partial charge in [-0.1, -0.05) is 48.3 Å². The van der Waals surface area contributed by atoms with Gasteiger partial charge in [0.2, 0.25) is 0 Å². The van der Waals surface area contributed by atoms with Crippen molar-refractivity contribution in [1.29, 1.82) is 0 Å². The lowest BCUT2D eigenvalue weighted by atomic mass is 9.96. The number of anilines is 3. The van der Waals surface area contributed by atoms with Gasteiger partial charge in [0, 0.05) is 16.0 Å². The quantitative estimate of drug-likeness (QED) is 0.557. The summed E-state index contributed by atoms with van der Waals surface area (Å²) in [6.45, 7) is 6.12. The van der Waals surface area contributed by atoms with E-state index < -0.39 is 0 Å². The van der Waals surface area contributed by atoms with Crippen LogP contribution in [0.3, 0.4) is 0 Å². The van der Waals surface area contributed by atoms with Crippen molar-refractivity contribution in [3.63, 3.8) is 0 Å². The van der Waals surface area contributed by atoms with Gasteiger partial charge in [0.1, 0.15) is 17.5 Å². The van der Waals surface area contributed by atoms with Crippen LogP contribution in [0.2, 0.25) is 5.02 Å². The highest BCUT2D eigenvalue weighted by Crippen LogP contribution is 2.29. The zero-order valence-electron chi connectivity index (χ0n) is 12.0. The second-order valence-electron chi connectivity index (χ2n) is 5.61. The van der Waals surface area contributed by atoms with Crippen molar-refractivity contribution >= 4 is 44.9 Å². The van der Waals surface area contributed by atoms with Gasteiger partial charge in [0.15, 0.2) is 0 Å². The van der Waals surface area contributed by atoms with Gasteiger partial charge in [-0.2, -0.15) is 0 Å². The van der Waals surface area contributed by atoms with Crippen LogP contribution in [0.5, 0.6) is 0 Å². The third-order valence-electron chi connectivity index (χ3n) is 2.74. The van der Waals surface area contributed by atoms with E-state index in [9.17, 15) is 0 Å². The number of halogens is 2. The number of nitrogens with one attached hydrogen (secondary N) is 2. The molecule has 2 rings (SSSR count). The number of nitrogens with two attached hydrogens (primary N) is 1. The zero-order valence-corrected chi connectivity index (χ0v) is 14.4. The summed E-state index contributed by atoms with van der Waals surface area (Å²) in [4.78, 5) is 8.90. The Morgan fingerprint density at radius 2 is 1.81 bits per heavy atom. The van der Waals surface area contributed by atoms with Gasteiger partial charge in [-0.25, -0.2) is 15.8 Å². The standard InChI is InChI=1S/C14H17BrClN5/c1-14(2,3)13-19-11(7-12(20-13)21-17)18-10-6-8(15)4-5-9(10)16/h4-7H,17H2,1-3H3,(H2,18,19,20,21). The summed E-state index contributed by atoms with van der Waals surface area (Å²) in [7, 11) is 0. The first kappa shape index (κ1) is 16.0. The highest BCUT2D eigenvalue weighted by molar-refractivity contribution is 9.10. The Hall–Kier alpha value is -1.37. The minimum atomic E-state index is -0.190. The fourth-order valence-electron chi connectivity index (χ4n) is 1.65. The number of hydrazine groups is 1. The number of hydrogen-bond acceptors (Lipinski definition) is 5. The Kier molecular flexibility index (Phi) is 4.70. The molecule has 0 aliphatic heterocycles. The monoisotopic (exact) mass is 369 g/mol. The Labute approximate surface area is 137 Å². The minimum Gasteiger partial charge on any atom is -0.339 e. The average Bonchev–Trinajstić information content (AvgIpc) is 2.41. The fraction of sp³-hybridized carbons (Fsp3) is 0.286. The number of benzene rings is 1. The van der Waals surface area contributed by atoms with Crippen LogP contribution in [0, 0.1) is 0 Å². The minimum absolute atomic E-state index is 0.190. The van der Waals surface area contributed by atoms with E-state index in [1.807, 2.05) is 39.0 Å². The third-order valence-corrected chi connectivity index (χ3v) is 3.56. The van der Waals surface area contributed by atoms with Gasteiger partial charge in [-0.3, -0.25) is 0 Å². The number of nitrogen functional groups attached to an aromatic ring is 1. The molecule has 0 fully saturated rings. The van der Waals surface area contributed by atoms with Gasteiger partial charge < -0.3 is 10.7 Å². The van der Waals surface area contributed by atoms with E-state index in [2.05, 4.69) is 36.6 Å². The van der Waals surface area contributed by atoms with Crippen LogP contribution in [0.1, 0.15) is 26.6 Å². The number of nitrogens with zero attached hydrogens (tertiary/aromatic N) is 2. The van der Waals surface area contributed by atoms with E-state index in [-0.39, 0.29) is 5.41 Å². The third kappa shape index (κ3) is 4.06. The summed E-state index contributed by atoms with van der Waals surface area (Å²) in [5.74, 6) is 7.34. The maximum Gasteiger partial charge on any atom is 0.145 e. The number of aromatic nitrogens is 2. The van der Waals surface area contributed by atoms with Crippen LogP contribution in [-0.4, -0.2) is 9.97 Å². The second-order valence-corrected chi connectivity index (χ2v) is 6.93.